The second-order valence-corrected chi connectivity index (χ2v) is 8.63. The van der Waals surface area contributed by atoms with Crippen LogP contribution in [0.4, 0.5) is 0 Å². The Morgan fingerprint density at radius 3 is 2.70 bits per heavy atom. The molecule has 0 unspecified atom stereocenters. The molecule has 0 bridgehead atoms. The van der Waals surface area contributed by atoms with Crippen molar-refractivity contribution in [2.24, 2.45) is 5.92 Å². The predicted molar refractivity (Wildman–Crippen MR) is 104 cm³/mol. The van der Waals surface area contributed by atoms with Gasteiger partial charge in [-0.2, -0.15) is 0 Å². The van der Waals surface area contributed by atoms with E-state index in [2.05, 4.69) is 4.72 Å². The fourth-order valence-electron chi connectivity index (χ4n) is 2.95. The number of benzene rings is 1. The van der Waals surface area contributed by atoms with E-state index in [1.54, 1.807) is 41.5 Å². The summed E-state index contributed by atoms with van der Waals surface area (Å²) in [6.45, 7) is 1.55. The van der Waals surface area contributed by atoms with Gasteiger partial charge in [-0.3, -0.25) is 4.79 Å². The number of furan rings is 1. The van der Waals surface area contributed by atoms with Crippen molar-refractivity contribution in [2.75, 3.05) is 19.6 Å². The van der Waals surface area contributed by atoms with Crippen molar-refractivity contribution in [3.63, 3.8) is 0 Å². The zero-order valence-corrected chi connectivity index (χ0v) is 16.2. The first-order chi connectivity index (χ1) is 12.9. The Hall–Kier alpha value is -2.09. The normalized spacial score (nSPS) is 16.1. The second kappa shape index (κ2) is 8.73. The summed E-state index contributed by atoms with van der Waals surface area (Å²) in [5.74, 6) is 0.759. The van der Waals surface area contributed by atoms with Gasteiger partial charge in [-0.1, -0.05) is 17.7 Å². The van der Waals surface area contributed by atoms with Crippen LogP contribution in [0.1, 0.15) is 18.6 Å². The molecule has 6 nitrogen and oxygen atoms in total. The number of nitrogens with zero attached hydrogens (tertiary/aromatic N) is 1. The fourth-order valence-corrected chi connectivity index (χ4v) is 4.36. The van der Waals surface area contributed by atoms with E-state index in [4.69, 9.17) is 16.0 Å². The van der Waals surface area contributed by atoms with Crippen molar-refractivity contribution < 1.29 is 17.6 Å². The van der Waals surface area contributed by atoms with Gasteiger partial charge in [-0.05, 0) is 55.2 Å². The number of rotatable bonds is 6. The lowest BCUT2D eigenvalue weighted by atomic mass is 9.97. The zero-order chi connectivity index (χ0) is 19.3. The number of hydrogen-bond acceptors (Lipinski definition) is 4. The maximum absolute atomic E-state index is 12.3. The van der Waals surface area contributed by atoms with Crippen LogP contribution < -0.4 is 4.72 Å². The molecule has 2 heterocycles. The van der Waals surface area contributed by atoms with Crippen molar-refractivity contribution in [1.29, 1.82) is 0 Å². The summed E-state index contributed by atoms with van der Waals surface area (Å²) in [5, 5.41) is 0.382. The van der Waals surface area contributed by atoms with E-state index in [1.807, 2.05) is 0 Å². The maximum atomic E-state index is 12.3. The lowest BCUT2D eigenvalue weighted by Crippen LogP contribution is -2.40. The molecular formula is C19H21ClN2O4S. The Labute approximate surface area is 163 Å². The monoisotopic (exact) mass is 408 g/mol. The molecule has 1 aliphatic heterocycles. The highest BCUT2D eigenvalue weighted by Gasteiger charge is 2.23. The van der Waals surface area contributed by atoms with Crippen LogP contribution in [-0.4, -0.2) is 38.9 Å². The van der Waals surface area contributed by atoms with Crippen LogP contribution in [-0.2, 0) is 14.8 Å². The highest BCUT2D eigenvalue weighted by atomic mass is 35.5. The summed E-state index contributed by atoms with van der Waals surface area (Å²) in [6.07, 6.45) is 6.20. The highest BCUT2D eigenvalue weighted by molar-refractivity contribution is 7.89. The molecule has 0 saturated carbocycles. The minimum absolute atomic E-state index is 0.0654. The number of likely N-dealkylation sites (tertiary alicyclic amines) is 1. The van der Waals surface area contributed by atoms with Gasteiger partial charge in [0.15, 0.2) is 0 Å². The predicted octanol–water partition coefficient (Wildman–Crippen LogP) is 3.16. The van der Waals surface area contributed by atoms with Gasteiger partial charge in [-0.25, -0.2) is 13.1 Å². The van der Waals surface area contributed by atoms with E-state index in [-0.39, 0.29) is 16.7 Å². The lowest BCUT2D eigenvalue weighted by Gasteiger charge is -2.31. The molecule has 1 aromatic carbocycles. The van der Waals surface area contributed by atoms with Gasteiger partial charge in [-0.15, -0.1) is 0 Å². The van der Waals surface area contributed by atoms with Crippen LogP contribution in [0.5, 0.6) is 0 Å². The molecule has 1 saturated heterocycles. The van der Waals surface area contributed by atoms with Gasteiger partial charge < -0.3 is 9.32 Å². The first-order valence-corrected chi connectivity index (χ1v) is 10.6. The average molecular weight is 409 g/mol. The smallest absolute Gasteiger partial charge is 0.246 e. The van der Waals surface area contributed by atoms with Crippen LogP contribution in [0.15, 0.2) is 58.1 Å². The molecule has 0 radical (unpaired) electrons. The SMILES string of the molecule is O=C(/C=C/c1ccco1)N1CCC(CNS(=O)(=O)c2cccc(Cl)c2)CC1. The Kier molecular flexibility index (Phi) is 6.36. The summed E-state index contributed by atoms with van der Waals surface area (Å²) in [6, 6.07) is 9.73. The summed E-state index contributed by atoms with van der Waals surface area (Å²) in [5.41, 5.74) is 0. The summed E-state index contributed by atoms with van der Waals surface area (Å²) < 4.78 is 32.5. The lowest BCUT2D eigenvalue weighted by molar-refractivity contribution is -0.127. The standard InChI is InChI=1S/C19H21ClN2O4S/c20-16-3-1-5-18(13-16)27(24,25)21-14-15-8-10-22(11-9-15)19(23)7-6-17-4-2-12-26-17/h1-7,12-13,15,21H,8-11,14H2/b7-6+. The van der Waals surface area contributed by atoms with Crippen molar-refractivity contribution in [3.05, 3.63) is 59.5 Å². The molecule has 1 aliphatic rings. The molecule has 1 aromatic heterocycles. The van der Waals surface area contributed by atoms with Crippen molar-refractivity contribution in [3.8, 4) is 0 Å². The Morgan fingerprint density at radius 1 is 1.26 bits per heavy atom. The summed E-state index contributed by atoms with van der Waals surface area (Å²) in [7, 11) is -3.58. The van der Waals surface area contributed by atoms with Crippen molar-refractivity contribution >= 4 is 33.6 Å². The van der Waals surface area contributed by atoms with E-state index < -0.39 is 10.0 Å². The topological polar surface area (TPSA) is 79.6 Å². The molecule has 27 heavy (non-hydrogen) atoms. The number of hydrogen-bond donors (Lipinski definition) is 1. The molecule has 0 spiro atoms. The van der Waals surface area contributed by atoms with Gasteiger partial charge in [0.2, 0.25) is 15.9 Å². The molecule has 0 aliphatic carbocycles. The van der Waals surface area contributed by atoms with Crippen LogP contribution in [0, 0.1) is 5.92 Å². The first-order valence-electron chi connectivity index (χ1n) is 8.70. The molecule has 1 fully saturated rings. The first kappa shape index (κ1) is 19.7. The van der Waals surface area contributed by atoms with E-state index in [9.17, 15) is 13.2 Å². The Bertz CT molecular complexity index is 902. The maximum Gasteiger partial charge on any atom is 0.246 e. The number of halogens is 1. The third-order valence-electron chi connectivity index (χ3n) is 4.53. The van der Waals surface area contributed by atoms with Gasteiger partial charge in [0.1, 0.15) is 5.76 Å². The minimum Gasteiger partial charge on any atom is -0.465 e. The van der Waals surface area contributed by atoms with Gasteiger partial charge in [0.25, 0.3) is 0 Å². The summed E-state index contributed by atoms with van der Waals surface area (Å²) in [4.78, 5) is 14.1. The van der Waals surface area contributed by atoms with Gasteiger partial charge in [0, 0.05) is 30.7 Å². The third kappa shape index (κ3) is 5.45. The minimum atomic E-state index is -3.58. The molecular weight excluding hydrogens is 388 g/mol. The van der Waals surface area contributed by atoms with E-state index in [1.165, 1.54) is 18.2 Å². The van der Waals surface area contributed by atoms with Gasteiger partial charge in [0.05, 0.1) is 11.2 Å². The van der Waals surface area contributed by atoms with Crippen molar-refractivity contribution in [2.45, 2.75) is 17.7 Å². The molecule has 2 aromatic rings. The number of piperidine rings is 1. The Balaban J connectivity index is 1.47. The fraction of sp³-hybridized carbons (Fsp3) is 0.316. The van der Waals surface area contributed by atoms with Crippen LogP contribution >= 0.6 is 11.6 Å². The number of amides is 1. The zero-order valence-electron chi connectivity index (χ0n) is 14.7. The Morgan fingerprint density at radius 2 is 2.04 bits per heavy atom. The number of nitrogens with one attached hydrogen (secondary N) is 1. The summed E-state index contributed by atoms with van der Waals surface area (Å²) >= 11 is 5.86. The molecule has 8 heteroatoms. The largest absolute Gasteiger partial charge is 0.465 e. The van der Waals surface area contributed by atoms with Crippen LogP contribution in [0.3, 0.4) is 0 Å². The van der Waals surface area contributed by atoms with Gasteiger partial charge >= 0.3 is 0 Å². The molecule has 3 rings (SSSR count). The molecule has 1 N–H and O–H groups in total. The highest BCUT2D eigenvalue weighted by Crippen LogP contribution is 2.19. The third-order valence-corrected chi connectivity index (χ3v) is 6.18. The molecule has 1 amide bonds. The number of carbonyl (C=O) groups is 1. The van der Waals surface area contributed by atoms with Crippen LogP contribution in [0.25, 0.3) is 6.08 Å². The number of carbonyl (C=O) groups excluding carboxylic acids is 1. The van der Waals surface area contributed by atoms with E-state index in [0.717, 1.165) is 12.8 Å². The van der Waals surface area contributed by atoms with E-state index in [0.29, 0.717) is 30.4 Å². The van der Waals surface area contributed by atoms with Crippen molar-refractivity contribution in [1.82, 2.24) is 9.62 Å². The molecule has 0 atom stereocenters. The van der Waals surface area contributed by atoms with E-state index >= 15 is 0 Å². The molecule has 144 valence electrons. The van der Waals surface area contributed by atoms with Crippen LogP contribution in [0.2, 0.25) is 5.02 Å². The second-order valence-electron chi connectivity index (χ2n) is 6.43. The number of sulfonamides is 1. The average Bonchev–Trinajstić information content (AvgIpc) is 3.18. The quantitative estimate of drug-likeness (QED) is 0.744.